The fraction of sp³-hybridized carbons (Fsp3) is 0.889. The van der Waals surface area contributed by atoms with Crippen LogP contribution in [0.1, 0.15) is 19.8 Å². The van der Waals surface area contributed by atoms with E-state index in [1.54, 1.807) is 0 Å². The first-order valence-electron chi connectivity index (χ1n) is 4.42. The van der Waals surface area contributed by atoms with Crippen molar-refractivity contribution >= 4 is 0 Å². The summed E-state index contributed by atoms with van der Waals surface area (Å²) in [5.41, 5.74) is 0. The van der Waals surface area contributed by atoms with Crippen LogP contribution in [-0.4, -0.2) is 25.9 Å². The van der Waals surface area contributed by atoms with Gasteiger partial charge in [-0.25, -0.2) is 0 Å². The number of nitrogens with zero attached hydrogens (tertiary/aromatic N) is 1. The van der Waals surface area contributed by atoms with Gasteiger partial charge in [-0.3, -0.25) is 0 Å². The summed E-state index contributed by atoms with van der Waals surface area (Å²) in [6.07, 6.45) is 2.51. The highest BCUT2D eigenvalue weighted by Gasteiger charge is 2.15. The van der Waals surface area contributed by atoms with E-state index in [1.807, 2.05) is 6.92 Å². The van der Waals surface area contributed by atoms with Crippen LogP contribution in [0.25, 0.3) is 0 Å². The van der Waals surface area contributed by atoms with Gasteiger partial charge in [0.1, 0.15) is 0 Å². The standard InChI is InChI=1S/C9H15NO2/c1-8(5-10)6-11-7-9-3-2-4-12-9/h8-9H,2-4,6-7H2,1H3. The molecule has 0 saturated carbocycles. The molecule has 3 nitrogen and oxygen atoms in total. The van der Waals surface area contributed by atoms with Crippen molar-refractivity contribution in [1.82, 2.24) is 0 Å². The number of ether oxygens (including phenoxy) is 2. The topological polar surface area (TPSA) is 42.2 Å². The highest BCUT2D eigenvalue weighted by atomic mass is 16.5. The first-order valence-corrected chi connectivity index (χ1v) is 4.42. The summed E-state index contributed by atoms with van der Waals surface area (Å²) >= 11 is 0. The molecule has 1 rings (SSSR count). The first-order chi connectivity index (χ1) is 5.83. The number of nitriles is 1. The molecule has 12 heavy (non-hydrogen) atoms. The minimum absolute atomic E-state index is 0.00796. The molecule has 1 heterocycles. The van der Waals surface area contributed by atoms with E-state index in [0.717, 1.165) is 19.4 Å². The zero-order chi connectivity index (χ0) is 8.81. The van der Waals surface area contributed by atoms with Crippen LogP contribution in [0.4, 0.5) is 0 Å². The Morgan fingerprint density at radius 3 is 3.17 bits per heavy atom. The van der Waals surface area contributed by atoms with Crippen molar-refractivity contribution in [3.05, 3.63) is 0 Å². The molecular weight excluding hydrogens is 154 g/mol. The van der Waals surface area contributed by atoms with Gasteiger partial charge in [0.2, 0.25) is 0 Å². The second-order valence-electron chi connectivity index (χ2n) is 3.20. The van der Waals surface area contributed by atoms with Crippen LogP contribution in [0.2, 0.25) is 0 Å². The van der Waals surface area contributed by atoms with Gasteiger partial charge in [-0.15, -0.1) is 0 Å². The lowest BCUT2D eigenvalue weighted by Crippen LogP contribution is -2.16. The minimum atomic E-state index is -0.00796. The molecule has 1 saturated heterocycles. The highest BCUT2D eigenvalue weighted by molar-refractivity contribution is 4.78. The lowest BCUT2D eigenvalue weighted by Gasteiger charge is -2.10. The van der Waals surface area contributed by atoms with Gasteiger partial charge in [0.25, 0.3) is 0 Å². The maximum absolute atomic E-state index is 8.47. The fourth-order valence-corrected chi connectivity index (χ4v) is 1.19. The third-order valence-corrected chi connectivity index (χ3v) is 1.92. The van der Waals surface area contributed by atoms with Crippen molar-refractivity contribution in [2.45, 2.75) is 25.9 Å². The molecule has 0 aromatic rings. The van der Waals surface area contributed by atoms with Gasteiger partial charge in [-0.05, 0) is 19.8 Å². The Morgan fingerprint density at radius 1 is 1.75 bits per heavy atom. The van der Waals surface area contributed by atoms with Crippen LogP contribution in [0.3, 0.4) is 0 Å². The molecule has 0 aliphatic carbocycles. The van der Waals surface area contributed by atoms with E-state index >= 15 is 0 Å². The quantitative estimate of drug-likeness (QED) is 0.637. The minimum Gasteiger partial charge on any atom is -0.377 e. The van der Waals surface area contributed by atoms with E-state index in [1.165, 1.54) is 0 Å². The molecule has 0 spiro atoms. The average molecular weight is 169 g/mol. The van der Waals surface area contributed by atoms with Gasteiger partial charge in [-0.2, -0.15) is 5.26 Å². The summed E-state index contributed by atoms with van der Waals surface area (Å²) in [4.78, 5) is 0. The van der Waals surface area contributed by atoms with Crippen LogP contribution >= 0.6 is 0 Å². The molecule has 0 bridgehead atoms. The SMILES string of the molecule is CC(C#N)COCC1CCCO1. The summed E-state index contributed by atoms with van der Waals surface area (Å²) in [7, 11) is 0. The average Bonchev–Trinajstić information content (AvgIpc) is 2.57. The molecule has 1 aliphatic rings. The van der Waals surface area contributed by atoms with Gasteiger partial charge in [0, 0.05) is 6.61 Å². The van der Waals surface area contributed by atoms with E-state index in [0.29, 0.717) is 13.2 Å². The summed E-state index contributed by atoms with van der Waals surface area (Å²) < 4.78 is 10.7. The Balaban J connectivity index is 1.98. The van der Waals surface area contributed by atoms with Crippen molar-refractivity contribution in [1.29, 1.82) is 5.26 Å². The third kappa shape index (κ3) is 3.21. The van der Waals surface area contributed by atoms with Crippen molar-refractivity contribution in [3.63, 3.8) is 0 Å². The lowest BCUT2D eigenvalue weighted by atomic mass is 10.2. The van der Waals surface area contributed by atoms with Gasteiger partial charge in [0.05, 0.1) is 31.3 Å². The molecule has 2 atom stereocenters. The Labute approximate surface area is 73.3 Å². The zero-order valence-electron chi connectivity index (χ0n) is 7.45. The van der Waals surface area contributed by atoms with Crippen LogP contribution in [-0.2, 0) is 9.47 Å². The second-order valence-corrected chi connectivity index (χ2v) is 3.20. The molecule has 68 valence electrons. The predicted octanol–water partition coefficient (Wildman–Crippen LogP) is 1.34. The van der Waals surface area contributed by atoms with Crippen molar-refractivity contribution in [2.24, 2.45) is 5.92 Å². The van der Waals surface area contributed by atoms with Gasteiger partial charge in [0.15, 0.2) is 0 Å². The van der Waals surface area contributed by atoms with Crippen LogP contribution in [0.5, 0.6) is 0 Å². The van der Waals surface area contributed by atoms with E-state index in [-0.39, 0.29) is 12.0 Å². The van der Waals surface area contributed by atoms with Crippen molar-refractivity contribution < 1.29 is 9.47 Å². The van der Waals surface area contributed by atoms with E-state index < -0.39 is 0 Å². The van der Waals surface area contributed by atoms with E-state index in [2.05, 4.69) is 6.07 Å². The molecule has 0 N–H and O–H groups in total. The maximum atomic E-state index is 8.47. The molecular formula is C9H15NO2. The third-order valence-electron chi connectivity index (χ3n) is 1.92. The Kier molecular flexibility index (Phi) is 4.06. The van der Waals surface area contributed by atoms with Gasteiger partial charge >= 0.3 is 0 Å². The van der Waals surface area contributed by atoms with E-state index in [4.69, 9.17) is 14.7 Å². The van der Waals surface area contributed by atoms with Crippen LogP contribution in [0, 0.1) is 17.2 Å². The molecule has 3 heteroatoms. The van der Waals surface area contributed by atoms with E-state index in [9.17, 15) is 0 Å². The molecule has 0 aromatic heterocycles. The summed E-state index contributed by atoms with van der Waals surface area (Å²) in [6, 6.07) is 2.12. The summed E-state index contributed by atoms with van der Waals surface area (Å²) in [6.45, 7) is 3.89. The normalized spacial score (nSPS) is 25.2. The summed E-state index contributed by atoms with van der Waals surface area (Å²) in [5.74, 6) is -0.00796. The largest absolute Gasteiger partial charge is 0.377 e. The summed E-state index contributed by atoms with van der Waals surface area (Å²) in [5, 5.41) is 8.47. The van der Waals surface area contributed by atoms with Crippen molar-refractivity contribution in [2.75, 3.05) is 19.8 Å². The molecule has 1 aliphatic heterocycles. The molecule has 0 aromatic carbocycles. The Bertz CT molecular complexity index is 158. The smallest absolute Gasteiger partial charge is 0.0809 e. The molecule has 1 fully saturated rings. The second kappa shape index (κ2) is 5.13. The van der Waals surface area contributed by atoms with Crippen LogP contribution < -0.4 is 0 Å². The van der Waals surface area contributed by atoms with Crippen molar-refractivity contribution in [3.8, 4) is 6.07 Å². The molecule has 2 unspecified atom stereocenters. The van der Waals surface area contributed by atoms with Crippen LogP contribution in [0.15, 0.2) is 0 Å². The number of hydrogen-bond acceptors (Lipinski definition) is 3. The molecule has 0 amide bonds. The molecule has 0 radical (unpaired) electrons. The first kappa shape index (κ1) is 9.50. The van der Waals surface area contributed by atoms with Gasteiger partial charge < -0.3 is 9.47 Å². The predicted molar refractivity (Wildman–Crippen MR) is 44.6 cm³/mol. The maximum Gasteiger partial charge on any atom is 0.0809 e. The number of rotatable bonds is 4. The Hall–Kier alpha value is -0.590. The lowest BCUT2D eigenvalue weighted by molar-refractivity contribution is 0.0119. The fourth-order valence-electron chi connectivity index (χ4n) is 1.19. The monoisotopic (exact) mass is 169 g/mol. The Morgan fingerprint density at radius 2 is 2.58 bits per heavy atom. The zero-order valence-corrected chi connectivity index (χ0v) is 7.45. The van der Waals surface area contributed by atoms with Gasteiger partial charge in [-0.1, -0.05) is 0 Å². The highest BCUT2D eigenvalue weighted by Crippen LogP contribution is 2.12. The number of hydrogen-bond donors (Lipinski definition) is 0.